The molecule has 0 bridgehead atoms. The molecule has 1 aromatic heterocycles. The van der Waals surface area contributed by atoms with Crippen molar-refractivity contribution in [2.24, 2.45) is 0 Å². The Morgan fingerprint density at radius 3 is 2.41 bits per heavy atom. The Labute approximate surface area is 195 Å². The predicted octanol–water partition coefficient (Wildman–Crippen LogP) is 4.54. The summed E-state index contributed by atoms with van der Waals surface area (Å²) in [6.07, 6.45) is -4.70. The molecule has 4 rings (SSSR count). The number of aliphatic hydroxyl groups is 1. The Morgan fingerprint density at radius 1 is 1.12 bits per heavy atom. The average Bonchev–Trinajstić information content (AvgIpc) is 3.20. The molecule has 3 aromatic rings. The van der Waals surface area contributed by atoms with E-state index >= 15 is 0 Å². The topological polar surface area (TPSA) is 70.4 Å². The second-order valence-corrected chi connectivity index (χ2v) is 8.65. The normalized spacial score (nSPS) is 16.2. The van der Waals surface area contributed by atoms with Gasteiger partial charge < -0.3 is 15.3 Å². The number of nitrogens with zero attached hydrogens (tertiary/aromatic N) is 3. The Bertz CT molecular complexity index is 1250. The van der Waals surface area contributed by atoms with E-state index in [-0.39, 0.29) is 11.4 Å². The van der Waals surface area contributed by atoms with Crippen LogP contribution in [0.5, 0.6) is 0 Å². The number of halogens is 3. The molecule has 1 aliphatic heterocycles. The number of rotatable bonds is 5. The van der Waals surface area contributed by atoms with Crippen LogP contribution in [0, 0.1) is 13.8 Å². The summed E-state index contributed by atoms with van der Waals surface area (Å²) in [5.41, 5.74) is 1.74. The summed E-state index contributed by atoms with van der Waals surface area (Å²) in [6.45, 7) is 6.91. The third-order valence-electron chi connectivity index (χ3n) is 5.84. The molecule has 1 unspecified atom stereocenters. The highest BCUT2D eigenvalue weighted by atomic mass is 19.4. The molecule has 9 heteroatoms. The van der Waals surface area contributed by atoms with E-state index in [2.05, 4.69) is 10.4 Å². The number of aryl methyl sites for hydroxylation is 2. The summed E-state index contributed by atoms with van der Waals surface area (Å²) >= 11 is 0. The fraction of sp³-hybridized carbons (Fsp3) is 0.360. The standard InChI is InChI=1S/C25H27F3N4O2/c1-4-29-22-13-21(17-10-15(2)9-16(3)11-17)30-32(24(22)34)23-12-18(31-8-7-19(33)14-31)5-6-20(23)25(26,27)28/h5-6,9-13,19,29,33H,4,7-8,14H2,1-3H3. The monoisotopic (exact) mass is 472 g/mol. The Kier molecular flexibility index (Phi) is 6.40. The highest BCUT2D eigenvalue weighted by Gasteiger charge is 2.35. The summed E-state index contributed by atoms with van der Waals surface area (Å²) in [5.74, 6) is 0. The third-order valence-corrected chi connectivity index (χ3v) is 5.84. The van der Waals surface area contributed by atoms with Crippen molar-refractivity contribution in [2.45, 2.75) is 39.5 Å². The highest BCUT2D eigenvalue weighted by Crippen LogP contribution is 2.36. The minimum Gasteiger partial charge on any atom is -0.391 e. The second kappa shape index (κ2) is 9.13. The van der Waals surface area contributed by atoms with Crippen molar-refractivity contribution in [1.82, 2.24) is 9.78 Å². The van der Waals surface area contributed by atoms with Gasteiger partial charge in [-0.25, -0.2) is 0 Å². The molecule has 6 nitrogen and oxygen atoms in total. The van der Waals surface area contributed by atoms with Gasteiger partial charge in [0.15, 0.2) is 0 Å². The van der Waals surface area contributed by atoms with Crippen LogP contribution >= 0.6 is 0 Å². The third kappa shape index (κ3) is 4.79. The second-order valence-electron chi connectivity index (χ2n) is 8.65. The molecule has 1 fully saturated rings. The minimum absolute atomic E-state index is 0.168. The van der Waals surface area contributed by atoms with Crippen LogP contribution in [0.1, 0.15) is 30.0 Å². The van der Waals surface area contributed by atoms with E-state index in [1.54, 1.807) is 17.9 Å². The fourth-order valence-corrected chi connectivity index (χ4v) is 4.35. The largest absolute Gasteiger partial charge is 0.418 e. The summed E-state index contributed by atoms with van der Waals surface area (Å²) in [5, 5.41) is 17.2. The number of hydrogen-bond donors (Lipinski definition) is 2. The summed E-state index contributed by atoms with van der Waals surface area (Å²) < 4.78 is 42.8. The maximum absolute atomic E-state index is 14.0. The molecular formula is C25H27F3N4O2. The lowest BCUT2D eigenvalue weighted by Gasteiger charge is -2.22. The molecule has 0 saturated carbocycles. The van der Waals surface area contributed by atoms with Crippen molar-refractivity contribution >= 4 is 11.4 Å². The number of hydrogen-bond acceptors (Lipinski definition) is 5. The van der Waals surface area contributed by atoms with Gasteiger partial charge in [-0.1, -0.05) is 17.2 Å². The van der Waals surface area contributed by atoms with Crippen molar-refractivity contribution in [3.63, 3.8) is 0 Å². The van der Waals surface area contributed by atoms with Gasteiger partial charge in [0.1, 0.15) is 5.69 Å². The van der Waals surface area contributed by atoms with Gasteiger partial charge in [-0.15, -0.1) is 0 Å². The van der Waals surface area contributed by atoms with Crippen LogP contribution in [0.2, 0.25) is 0 Å². The molecule has 0 radical (unpaired) electrons. The van der Waals surface area contributed by atoms with Gasteiger partial charge in [0.2, 0.25) is 0 Å². The van der Waals surface area contributed by atoms with E-state index in [0.29, 0.717) is 43.0 Å². The van der Waals surface area contributed by atoms with E-state index in [1.807, 2.05) is 32.0 Å². The fourth-order valence-electron chi connectivity index (χ4n) is 4.35. The maximum atomic E-state index is 14.0. The maximum Gasteiger partial charge on any atom is 0.418 e. The van der Waals surface area contributed by atoms with Crippen LogP contribution in [0.15, 0.2) is 47.3 Å². The molecule has 2 heterocycles. The number of β-amino-alcohol motifs (C(OH)–C–C–N with tert-alkyl or cyclic N) is 1. The van der Waals surface area contributed by atoms with Crippen molar-refractivity contribution in [2.75, 3.05) is 29.9 Å². The molecule has 2 aromatic carbocycles. The van der Waals surface area contributed by atoms with Crippen molar-refractivity contribution in [1.29, 1.82) is 0 Å². The van der Waals surface area contributed by atoms with Gasteiger partial charge in [0.25, 0.3) is 5.56 Å². The van der Waals surface area contributed by atoms with Gasteiger partial charge in [0, 0.05) is 30.9 Å². The molecule has 180 valence electrons. The molecule has 0 spiro atoms. The first-order valence-electron chi connectivity index (χ1n) is 11.2. The van der Waals surface area contributed by atoms with Crippen LogP contribution in [0.3, 0.4) is 0 Å². The smallest absolute Gasteiger partial charge is 0.391 e. The first kappa shape index (κ1) is 23.8. The lowest BCUT2D eigenvalue weighted by Crippen LogP contribution is -2.28. The summed E-state index contributed by atoms with van der Waals surface area (Å²) in [6, 6.07) is 11.0. The van der Waals surface area contributed by atoms with Gasteiger partial charge in [-0.3, -0.25) is 4.79 Å². The van der Waals surface area contributed by atoms with Crippen LogP contribution in [-0.4, -0.2) is 40.6 Å². The highest BCUT2D eigenvalue weighted by molar-refractivity contribution is 5.66. The molecule has 34 heavy (non-hydrogen) atoms. The molecule has 1 atom stereocenters. The van der Waals surface area contributed by atoms with E-state index in [1.165, 1.54) is 12.1 Å². The number of aliphatic hydroxyl groups excluding tert-OH is 1. The summed E-state index contributed by atoms with van der Waals surface area (Å²) in [4.78, 5) is 15.1. The van der Waals surface area contributed by atoms with E-state index in [4.69, 9.17) is 0 Å². The molecule has 0 amide bonds. The van der Waals surface area contributed by atoms with Crippen LogP contribution < -0.4 is 15.8 Å². The van der Waals surface area contributed by atoms with Crippen molar-refractivity contribution < 1.29 is 18.3 Å². The first-order chi connectivity index (χ1) is 16.1. The Balaban J connectivity index is 1.96. The number of aromatic nitrogens is 2. The lowest BCUT2D eigenvalue weighted by molar-refractivity contribution is -0.137. The van der Waals surface area contributed by atoms with Crippen LogP contribution in [-0.2, 0) is 6.18 Å². The number of nitrogens with one attached hydrogen (secondary N) is 1. The Hall–Kier alpha value is -3.33. The molecular weight excluding hydrogens is 445 g/mol. The van der Waals surface area contributed by atoms with Crippen LogP contribution in [0.25, 0.3) is 16.9 Å². The quantitative estimate of drug-likeness (QED) is 0.571. The van der Waals surface area contributed by atoms with Gasteiger partial charge >= 0.3 is 6.18 Å². The van der Waals surface area contributed by atoms with Gasteiger partial charge in [-0.2, -0.15) is 23.0 Å². The average molecular weight is 473 g/mol. The zero-order chi connectivity index (χ0) is 24.6. The number of anilines is 2. The zero-order valence-corrected chi connectivity index (χ0v) is 19.3. The minimum atomic E-state index is -4.69. The lowest BCUT2D eigenvalue weighted by atomic mass is 10.0. The number of benzene rings is 2. The van der Waals surface area contributed by atoms with E-state index in [9.17, 15) is 23.1 Å². The SMILES string of the molecule is CCNc1cc(-c2cc(C)cc(C)c2)nn(-c2cc(N3CCC(O)C3)ccc2C(F)(F)F)c1=O. The van der Waals surface area contributed by atoms with Crippen LogP contribution in [0.4, 0.5) is 24.5 Å². The molecule has 1 aliphatic rings. The molecule has 1 saturated heterocycles. The summed E-state index contributed by atoms with van der Waals surface area (Å²) in [7, 11) is 0. The Morgan fingerprint density at radius 2 is 1.82 bits per heavy atom. The zero-order valence-electron chi connectivity index (χ0n) is 19.3. The van der Waals surface area contributed by atoms with Crippen molar-refractivity contribution in [3.05, 3.63) is 69.5 Å². The molecule has 2 N–H and O–H groups in total. The predicted molar refractivity (Wildman–Crippen MR) is 127 cm³/mol. The van der Waals surface area contributed by atoms with Gasteiger partial charge in [-0.05, 0) is 63.6 Å². The number of alkyl halides is 3. The molecule has 0 aliphatic carbocycles. The first-order valence-corrected chi connectivity index (χ1v) is 11.2. The van der Waals surface area contributed by atoms with Crippen molar-refractivity contribution in [3.8, 4) is 16.9 Å². The van der Waals surface area contributed by atoms with E-state index in [0.717, 1.165) is 21.9 Å². The van der Waals surface area contributed by atoms with Gasteiger partial charge in [0.05, 0.1) is 23.0 Å². The van der Waals surface area contributed by atoms with E-state index < -0.39 is 23.4 Å².